The summed E-state index contributed by atoms with van der Waals surface area (Å²) in [7, 11) is 1.86. The largest absolute Gasteiger partial charge is 0.481 e. The van der Waals surface area contributed by atoms with Gasteiger partial charge in [-0.05, 0) is 43.5 Å². The van der Waals surface area contributed by atoms with Crippen LogP contribution in [0.3, 0.4) is 0 Å². The molecule has 1 aromatic carbocycles. The number of likely N-dealkylation sites (tertiary alicyclic amines) is 1. The van der Waals surface area contributed by atoms with Gasteiger partial charge in [0.05, 0.1) is 5.69 Å². The Labute approximate surface area is 168 Å². The summed E-state index contributed by atoms with van der Waals surface area (Å²) in [5.74, 6) is 0.219. The fourth-order valence-electron chi connectivity index (χ4n) is 3.87. The van der Waals surface area contributed by atoms with Crippen molar-refractivity contribution in [2.75, 3.05) is 13.1 Å². The first-order chi connectivity index (χ1) is 14.1. The van der Waals surface area contributed by atoms with Gasteiger partial charge in [0.15, 0.2) is 11.8 Å². The number of amides is 1. The fourth-order valence-corrected chi connectivity index (χ4v) is 3.87. The Kier molecular flexibility index (Phi) is 5.42. The van der Waals surface area contributed by atoms with Gasteiger partial charge in [-0.1, -0.05) is 6.92 Å². The van der Waals surface area contributed by atoms with E-state index in [9.17, 15) is 9.18 Å². The van der Waals surface area contributed by atoms with Gasteiger partial charge >= 0.3 is 0 Å². The normalized spacial score (nSPS) is 18.0. The SMILES string of the molecule is CC[C@@H](Oc1ccc(F)cc1)C(=O)N1CCC[C@H](c2nn(C)c3nccnc23)C1. The fraction of sp³-hybridized carbons (Fsp3) is 0.429. The lowest BCUT2D eigenvalue weighted by Crippen LogP contribution is -2.46. The highest BCUT2D eigenvalue weighted by Crippen LogP contribution is 2.30. The van der Waals surface area contributed by atoms with Crippen LogP contribution in [0.4, 0.5) is 4.39 Å². The Morgan fingerprint density at radius 1 is 1.28 bits per heavy atom. The lowest BCUT2D eigenvalue weighted by atomic mass is 9.94. The predicted molar refractivity (Wildman–Crippen MR) is 106 cm³/mol. The molecule has 0 bridgehead atoms. The molecule has 0 radical (unpaired) electrons. The summed E-state index contributed by atoms with van der Waals surface area (Å²) >= 11 is 0. The number of hydrogen-bond acceptors (Lipinski definition) is 5. The third kappa shape index (κ3) is 3.92. The number of rotatable bonds is 5. The Bertz CT molecular complexity index is 1000. The Balaban J connectivity index is 1.50. The van der Waals surface area contributed by atoms with Gasteiger partial charge in [0.25, 0.3) is 5.91 Å². The van der Waals surface area contributed by atoms with Gasteiger partial charge in [0.2, 0.25) is 0 Å². The van der Waals surface area contributed by atoms with Gasteiger partial charge in [-0.3, -0.25) is 4.79 Å². The number of fused-ring (bicyclic) bond motifs is 1. The zero-order valence-corrected chi connectivity index (χ0v) is 16.6. The third-order valence-electron chi connectivity index (χ3n) is 5.34. The van der Waals surface area contributed by atoms with Crippen molar-refractivity contribution in [3.63, 3.8) is 0 Å². The van der Waals surface area contributed by atoms with E-state index < -0.39 is 6.10 Å². The average molecular weight is 397 g/mol. The zero-order valence-electron chi connectivity index (χ0n) is 16.6. The maximum absolute atomic E-state index is 13.1. The van der Waals surface area contributed by atoms with Crippen LogP contribution >= 0.6 is 0 Å². The lowest BCUT2D eigenvalue weighted by molar-refractivity contribution is -0.140. The summed E-state index contributed by atoms with van der Waals surface area (Å²) in [5, 5.41) is 4.64. The molecule has 0 N–H and O–H groups in total. The van der Waals surface area contributed by atoms with Gasteiger partial charge in [-0.15, -0.1) is 0 Å². The highest BCUT2D eigenvalue weighted by Gasteiger charge is 2.32. The van der Waals surface area contributed by atoms with Gasteiger partial charge in [-0.2, -0.15) is 5.10 Å². The molecule has 0 saturated carbocycles. The van der Waals surface area contributed by atoms with E-state index in [4.69, 9.17) is 4.74 Å². The average Bonchev–Trinajstić information content (AvgIpc) is 3.10. The van der Waals surface area contributed by atoms with Gasteiger partial charge in [-0.25, -0.2) is 19.0 Å². The summed E-state index contributed by atoms with van der Waals surface area (Å²) in [5.41, 5.74) is 2.43. The van der Waals surface area contributed by atoms with E-state index in [0.717, 1.165) is 29.7 Å². The lowest BCUT2D eigenvalue weighted by Gasteiger charge is -2.34. The number of benzene rings is 1. The first-order valence-electron chi connectivity index (χ1n) is 9.91. The summed E-state index contributed by atoms with van der Waals surface area (Å²) in [4.78, 5) is 23.8. The standard InChI is InChI=1S/C21H24FN5O2/c1-3-17(29-16-8-6-15(22)7-9-16)21(28)27-12-4-5-14(13-27)18-19-20(26(2)25-18)24-11-10-23-19/h6-11,14,17H,3-5,12-13H2,1-2H3/t14-,17+/m0/s1. The molecule has 1 amide bonds. The second-order valence-electron chi connectivity index (χ2n) is 7.33. The number of carbonyl (C=O) groups excluding carboxylic acids is 1. The summed E-state index contributed by atoms with van der Waals surface area (Å²) in [6, 6.07) is 5.75. The van der Waals surface area contributed by atoms with Gasteiger partial charge < -0.3 is 9.64 Å². The summed E-state index contributed by atoms with van der Waals surface area (Å²) in [6.45, 7) is 3.18. The number of nitrogens with zero attached hydrogens (tertiary/aromatic N) is 5. The molecule has 3 heterocycles. The molecular weight excluding hydrogens is 373 g/mol. The maximum atomic E-state index is 13.1. The summed E-state index contributed by atoms with van der Waals surface area (Å²) in [6.07, 6.45) is 5.10. The van der Waals surface area contributed by atoms with Crippen LogP contribution in [-0.4, -0.2) is 49.7 Å². The number of ether oxygens (including phenoxy) is 1. The van der Waals surface area contributed by atoms with Crippen LogP contribution in [0, 0.1) is 5.82 Å². The smallest absolute Gasteiger partial charge is 0.263 e. The first-order valence-corrected chi connectivity index (χ1v) is 9.91. The number of aryl methyl sites for hydroxylation is 1. The van der Waals surface area contributed by atoms with E-state index in [2.05, 4.69) is 15.1 Å². The number of aromatic nitrogens is 4. The number of carbonyl (C=O) groups is 1. The summed E-state index contributed by atoms with van der Waals surface area (Å²) < 4.78 is 20.7. The Morgan fingerprint density at radius 3 is 2.79 bits per heavy atom. The van der Waals surface area contributed by atoms with Crippen LogP contribution in [0.2, 0.25) is 0 Å². The van der Waals surface area contributed by atoms with Crippen molar-refractivity contribution in [1.82, 2.24) is 24.6 Å². The van der Waals surface area contributed by atoms with E-state index in [-0.39, 0.29) is 17.6 Å². The second-order valence-corrected chi connectivity index (χ2v) is 7.33. The molecule has 8 heteroatoms. The van der Waals surface area contributed by atoms with Crippen LogP contribution in [0.5, 0.6) is 5.75 Å². The third-order valence-corrected chi connectivity index (χ3v) is 5.34. The molecule has 0 unspecified atom stereocenters. The minimum atomic E-state index is -0.598. The van der Waals surface area contributed by atoms with Crippen LogP contribution in [0.25, 0.3) is 11.2 Å². The van der Waals surface area contributed by atoms with Crippen LogP contribution in [-0.2, 0) is 11.8 Å². The zero-order chi connectivity index (χ0) is 20.4. The minimum Gasteiger partial charge on any atom is -0.481 e. The van der Waals surface area contributed by atoms with Gasteiger partial charge in [0, 0.05) is 38.4 Å². The molecule has 1 saturated heterocycles. The van der Waals surface area contributed by atoms with E-state index >= 15 is 0 Å². The van der Waals surface area contributed by atoms with E-state index in [1.807, 2.05) is 18.9 Å². The van der Waals surface area contributed by atoms with Crippen molar-refractivity contribution < 1.29 is 13.9 Å². The highest BCUT2D eigenvalue weighted by molar-refractivity contribution is 5.81. The topological polar surface area (TPSA) is 73.1 Å². The molecule has 29 heavy (non-hydrogen) atoms. The minimum absolute atomic E-state index is 0.0483. The van der Waals surface area contributed by atoms with E-state index in [0.29, 0.717) is 25.3 Å². The quantitative estimate of drug-likeness (QED) is 0.662. The van der Waals surface area contributed by atoms with Crippen molar-refractivity contribution in [3.05, 3.63) is 48.2 Å². The van der Waals surface area contributed by atoms with Crippen molar-refractivity contribution in [2.24, 2.45) is 7.05 Å². The van der Waals surface area contributed by atoms with Crippen molar-refractivity contribution in [2.45, 2.75) is 38.2 Å². The maximum Gasteiger partial charge on any atom is 0.263 e. The van der Waals surface area contributed by atoms with E-state index in [1.54, 1.807) is 29.2 Å². The Morgan fingerprint density at radius 2 is 2.03 bits per heavy atom. The molecule has 2 atom stereocenters. The molecule has 1 fully saturated rings. The molecule has 2 aromatic heterocycles. The van der Waals surface area contributed by atoms with Crippen molar-refractivity contribution in [1.29, 1.82) is 0 Å². The second kappa shape index (κ2) is 8.14. The first kappa shape index (κ1) is 19.3. The van der Waals surface area contributed by atoms with Crippen molar-refractivity contribution in [3.8, 4) is 5.75 Å². The van der Waals surface area contributed by atoms with Gasteiger partial charge in [0.1, 0.15) is 17.1 Å². The molecule has 152 valence electrons. The highest BCUT2D eigenvalue weighted by atomic mass is 19.1. The molecule has 7 nitrogen and oxygen atoms in total. The van der Waals surface area contributed by atoms with Crippen LogP contribution < -0.4 is 4.74 Å². The molecule has 3 aromatic rings. The van der Waals surface area contributed by atoms with Crippen LogP contribution in [0.1, 0.15) is 37.8 Å². The Hall–Kier alpha value is -3.03. The monoisotopic (exact) mass is 397 g/mol. The van der Waals surface area contributed by atoms with E-state index in [1.165, 1.54) is 12.1 Å². The van der Waals surface area contributed by atoms with Crippen LogP contribution in [0.15, 0.2) is 36.7 Å². The number of piperidine rings is 1. The predicted octanol–water partition coefficient (Wildman–Crippen LogP) is 3.07. The molecule has 4 rings (SSSR count). The molecule has 1 aliphatic rings. The number of hydrogen-bond donors (Lipinski definition) is 0. The molecule has 0 spiro atoms. The molecule has 1 aliphatic heterocycles. The number of halogens is 1. The van der Waals surface area contributed by atoms with Crippen molar-refractivity contribution >= 4 is 17.1 Å². The molecule has 0 aliphatic carbocycles. The molecular formula is C21H24FN5O2.